The van der Waals surface area contributed by atoms with Gasteiger partial charge in [0.05, 0.1) is 10.7 Å². The van der Waals surface area contributed by atoms with Gasteiger partial charge in [-0.3, -0.25) is 0 Å². The third-order valence-corrected chi connectivity index (χ3v) is 3.35. The maximum absolute atomic E-state index is 6.21. The first-order valence-electron chi connectivity index (χ1n) is 5.88. The van der Waals surface area contributed by atoms with Crippen LogP contribution in [0.1, 0.15) is 11.1 Å². The maximum Gasteiger partial charge on any atom is 0.0660 e. The molecule has 2 aromatic carbocycles. The van der Waals surface area contributed by atoms with Gasteiger partial charge in [0.1, 0.15) is 0 Å². The Morgan fingerprint density at radius 2 is 1.89 bits per heavy atom. The minimum absolute atomic E-state index is 0.686. The summed E-state index contributed by atoms with van der Waals surface area (Å²) in [5, 5.41) is 0.686. The van der Waals surface area contributed by atoms with E-state index in [2.05, 4.69) is 36.1 Å². The summed E-state index contributed by atoms with van der Waals surface area (Å²) in [6.07, 6.45) is 0. The van der Waals surface area contributed by atoms with Gasteiger partial charge >= 0.3 is 0 Å². The van der Waals surface area contributed by atoms with Crippen molar-refractivity contribution in [2.24, 2.45) is 0 Å². The first-order valence-corrected chi connectivity index (χ1v) is 6.26. The zero-order valence-corrected chi connectivity index (χ0v) is 11.4. The molecule has 2 rings (SSSR count). The van der Waals surface area contributed by atoms with Crippen LogP contribution in [-0.4, -0.2) is 7.05 Å². The Labute approximate surface area is 113 Å². The number of halogens is 1. The summed E-state index contributed by atoms with van der Waals surface area (Å²) in [6.45, 7) is 2.95. The van der Waals surface area contributed by atoms with Gasteiger partial charge in [-0.25, -0.2) is 0 Å². The fourth-order valence-corrected chi connectivity index (χ4v) is 2.29. The first-order chi connectivity index (χ1) is 8.58. The predicted molar refractivity (Wildman–Crippen MR) is 79.2 cm³/mol. The number of rotatable bonds is 3. The third kappa shape index (κ3) is 2.77. The molecule has 0 spiro atoms. The van der Waals surface area contributed by atoms with Gasteiger partial charge in [-0.15, -0.1) is 0 Å². The summed E-state index contributed by atoms with van der Waals surface area (Å²) in [5.41, 5.74) is 9.97. The highest BCUT2D eigenvalue weighted by molar-refractivity contribution is 6.33. The van der Waals surface area contributed by atoms with Crippen LogP contribution in [-0.2, 0) is 6.54 Å². The molecule has 0 aliphatic heterocycles. The van der Waals surface area contributed by atoms with E-state index in [0.717, 1.165) is 12.2 Å². The molecule has 0 aromatic heterocycles. The lowest BCUT2D eigenvalue weighted by molar-refractivity contribution is 0.915. The highest BCUT2D eigenvalue weighted by atomic mass is 35.5. The molecule has 0 amide bonds. The van der Waals surface area contributed by atoms with Gasteiger partial charge in [0, 0.05) is 19.3 Å². The minimum Gasteiger partial charge on any atom is -0.399 e. The van der Waals surface area contributed by atoms with Gasteiger partial charge in [-0.05, 0) is 36.2 Å². The Hall–Kier alpha value is -1.67. The van der Waals surface area contributed by atoms with Gasteiger partial charge in [-0.1, -0.05) is 35.9 Å². The van der Waals surface area contributed by atoms with Gasteiger partial charge in [0.15, 0.2) is 0 Å². The van der Waals surface area contributed by atoms with Crippen LogP contribution >= 0.6 is 11.6 Å². The molecule has 0 aliphatic rings. The smallest absolute Gasteiger partial charge is 0.0660 e. The van der Waals surface area contributed by atoms with E-state index >= 15 is 0 Å². The summed E-state index contributed by atoms with van der Waals surface area (Å²) in [5.74, 6) is 0. The van der Waals surface area contributed by atoms with Crippen LogP contribution in [0.3, 0.4) is 0 Å². The molecular formula is C15H17ClN2. The molecule has 0 aliphatic carbocycles. The van der Waals surface area contributed by atoms with Crippen LogP contribution in [0.25, 0.3) is 0 Å². The van der Waals surface area contributed by atoms with E-state index in [-0.39, 0.29) is 0 Å². The summed E-state index contributed by atoms with van der Waals surface area (Å²) in [6, 6.07) is 14.0. The van der Waals surface area contributed by atoms with Crippen LogP contribution in [0.5, 0.6) is 0 Å². The highest BCUT2D eigenvalue weighted by Crippen LogP contribution is 2.28. The van der Waals surface area contributed by atoms with Crippen molar-refractivity contribution in [1.29, 1.82) is 0 Å². The SMILES string of the molecule is Cc1ccccc1CN(C)c1ccc(N)cc1Cl. The van der Waals surface area contributed by atoms with E-state index < -0.39 is 0 Å². The largest absolute Gasteiger partial charge is 0.399 e. The number of nitrogen functional groups attached to an aromatic ring is 1. The second kappa shape index (κ2) is 5.32. The van der Waals surface area contributed by atoms with E-state index in [1.807, 2.05) is 19.2 Å². The number of nitrogens with two attached hydrogens (primary N) is 1. The number of anilines is 2. The molecule has 0 saturated carbocycles. The molecule has 0 radical (unpaired) electrons. The molecule has 0 unspecified atom stereocenters. The van der Waals surface area contributed by atoms with Crippen molar-refractivity contribution in [3.05, 3.63) is 58.6 Å². The molecule has 0 saturated heterocycles. The molecule has 2 aromatic rings. The van der Waals surface area contributed by atoms with Gasteiger partial charge in [0.25, 0.3) is 0 Å². The fraction of sp³-hybridized carbons (Fsp3) is 0.200. The second-order valence-electron chi connectivity index (χ2n) is 4.49. The Kier molecular flexibility index (Phi) is 3.78. The minimum atomic E-state index is 0.686. The average molecular weight is 261 g/mol. The third-order valence-electron chi connectivity index (χ3n) is 3.05. The van der Waals surface area contributed by atoms with Crippen molar-refractivity contribution in [3.63, 3.8) is 0 Å². The van der Waals surface area contributed by atoms with E-state index in [1.165, 1.54) is 11.1 Å². The molecule has 0 fully saturated rings. The van der Waals surface area contributed by atoms with Crippen molar-refractivity contribution < 1.29 is 0 Å². The lowest BCUT2D eigenvalue weighted by atomic mass is 10.1. The normalized spacial score (nSPS) is 10.4. The lowest BCUT2D eigenvalue weighted by Gasteiger charge is -2.22. The fourth-order valence-electron chi connectivity index (χ4n) is 1.96. The molecule has 0 heterocycles. The zero-order valence-electron chi connectivity index (χ0n) is 10.7. The van der Waals surface area contributed by atoms with Crippen molar-refractivity contribution in [2.75, 3.05) is 17.7 Å². The Morgan fingerprint density at radius 1 is 1.17 bits per heavy atom. The lowest BCUT2D eigenvalue weighted by Crippen LogP contribution is -2.17. The van der Waals surface area contributed by atoms with Crippen molar-refractivity contribution in [1.82, 2.24) is 0 Å². The first kappa shape index (κ1) is 12.8. The maximum atomic E-state index is 6.21. The van der Waals surface area contributed by atoms with Crippen LogP contribution in [0, 0.1) is 6.92 Å². The molecule has 94 valence electrons. The monoisotopic (exact) mass is 260 g/mol. The zero-order chi connectivity index (χ0) is 13.1. The van der Waals surface area contributed by atoms with Crippen LogP contribution < -0.4 is 10.6 Å². The Bertz CT molecular complexity index is 552. The summed E-state index contributed by atoms with van der Waals surface area (Å²) >= 11 is 6.21. The van der Waals surface area contributed by atoms with Crippen LogP contribution in [0.2, 0.25) is 5.02 Å². The number of aryl methyl sites for hydroxylation is 1. The summed E-state index contributed by atoms with van der Waals surface area (Å²) < 4.78 is 0. The van der Waals surface area contributed by atoms with E-state index in [1.54, 1.807) is 6.07 Å². The van der Waals surface area contributed by atoms with Gasteiger partial charge < -0.3 is 10.6 Å². The number of hydrogen-bond acceptors (Lipinski definition) is 2. The molecule has 2 nitrogen and oxygen atoms in total. The Balaban J connectivity index is 2.22. The molecule has 18 heavy (non-hydrogen) atoms. The number of benzene rings is 2. The van der Waals surface area contributed by atoms with Gasteiger partial charge in [0.2, 0.25) is 0 Å². The molecular weight excluding hydrogens is 244 g/mol. The Morgan fingerprint density at radius 3 is 2.56 bits per heavy atom. The molecule has 2 N–H and O–H groups in total. The quantitative estimate of drug-likeness (QED) is 0.849. The summed E-state index contributed by atoms with van der Waals surface area (Å²) in [7, 11) is 2.03. The van der Waals surface area contributed by atoms with Crippen molar-refractivity contribution >= 4 is 23.0 Å². The average Bonchev–Trinajstić information content (AvgIpc) is 2.32. The topological polar surface area (TPSA) is 29.3 Å². The van der Waals surface area contributed by atoms with E-state index in [9.17, 15) is 0 Å². The summed E-state index contributed by atoms with van der Waals surface area (Å²) in [4.78, 5) is 2.13. The number of nitrogens with zero attached hydrogens (tertiary/aromatic N) is 1. The molecule has 3 heteroatoms. The number of hydrogen-bond donors (Lipinski definition) is 1. The second-order valence-corrected chi connectivity index (χ2v) is 4.90. The van der Waals surface area contributed by atoms with Crippen LogP contribution in [0.4, 0.5) is 11.4 Å². The van der Waals surface area contributed by atoms with Crippen molar-refractivity contribution in [2.45, 2.75) is 13.5 Å². The molecule has 0 atom stereocenters. The van der Waals surface area contributed by atoms with E-state index in [0.29, 0.717) is 10.7 Å². The van der Waals surface area contributed by atoms with Gasteiger partial charge in [-0.2, -0.15) is 0 Å². The van der Waals surface area contributed by atoms with Crippen molar-refractivity contribution in [3.8, 4) is 0 Å². The van der Waals surface area contributed by atoms with E-state index in [4.69, 9.17) is 17.3 Å². The van der Waals surface area contributed by atoms with Crippen LogP contribution in [0.15, 0.2) is 42.5 Å². The predicted octanol–water partition coefficient (Wildman–Crippen LogP) is 3.87. The standard InChI is InChI=1S/C15H17ClN2/c1-11-5-3-4-6-12(11)10-18(2)15-8-7-13(17)9-14(15)16/h3-9H,10,17H2,1-2H3. The molecule has 0 bridgehead atoms. The highest BCUT2D eigenvalue weighted by Gasteiger charge is 2.08.